The lowest BCUT2D eigenvalue weighted by molar-refractivity contribution is 0.0689. The Labute approximate surface area is 153 Å². The molecule has 1 saturated heterocycles. The molecular formula is C21H24N2OS. The summed E-state index contributed by atoms with van der Waals surface area (Å²) in [7, 11) is 0. The van der Waals surface area contributed by atoms with Crippen LogP contribution >= 0.6 is 11.8 Å². The minimum absolute atomic E-state index is 0.212. The highest BCUT2D eigenvalue weighted by Crippen LogP contribution is 2.36. The van der Waals surface area contributed by atoms with Gasteiger partial charge in [-0.3, -0.25) is 4.79 Å². The molecule has 25 heavy (non-hydrogen) atoms. The lowest BCUT2D eigenvalue weighted by atomic mass is 9.95. The third-order valence-corrected chi connectivity index (χ3v) is 6.42. The van der Waals surface area contributed by atoms with Gasteiger partial charge in [0.25, 0.3) is 5.91 Å². The number of aromatic nitrogens is 1. The standard InChI is InChI=1S/C21H24N2OS/c24-21(23-15-5-8-19(23)16-6-1-2-7-16)17-10-12-18(13-11-17)25-20-9-3-4-14-22-20/h3-4,9-14,16,19H,1-2,5-8,15H2. The highest BCUT2D eigenvalue weighted by atomic mass is 32.2. The highest BCUT2D eigenvalue weighted by molar-refractivity contribution is 7.99. The highest BCUT2D eigenvalue weighted by Gasteiger charge is 2.36. The van der Waals surface area contributed by atoms with Gasteiger partial charge < -0.3 is 4.90 Å². The number of pyridine rings is 1. The van der Waals surface area contributed by atoms with E-state index >= 15 is 0 Å². The molecule has 0 bridgehead atoms. The summed E-state index contributed by atoms with van der Waals surface area (Å²) in [4.78, 5) is 20.6. The van der Waals surface area contributed by atoms with Crippen molar-refractivity contribution in [1.29, 1.82) is 0 Å². The van der Waals surface area contributed by atoms with E-state index in [0.29, 0.717) is 6.04 Å². The maximum atomic E-state index is 13.0. The van der Waals surface area contributed by atoms with Crippen LogP contribution in [0.5, 0.6) is 0 Å². The topological polar surface area (TPSA) is 33.2 Å². The summed E-state index contributed by atoms with van der Waals surface area (Å²) in [6.45, 7) is 0.921. The second kappa shape index (κ2) is 7.61. The van der Waals surface area contributed by atoms with Gasteiger partial charge in [-0.25, -0.2) is 4.98 Å². The van der Waals surface area contributed by atoms with Crippen LogP contribution in [0.4, 0.5) is 0 Å². The Bertz CT molecular complexity index is 710. The molecule has 1 aliphatic carbocycles. The molecule has 2 fully saturated rings. The van der Waals surface area contributed by atoms with Gasteiger partial charge in [0, 0.05) is 29.2 Å². The smallest absolute Gasteiger partial charge is 0.254 e. The SMILES string of the molecule is O=C(c1ccc(Sc2ccccn2)cc1)N1CCCC1C1CCCC1. The van der Waals surface area contributed by atoms with Crippen molar-refractivity contribution in [2.45, 2.75) is 54.5 Å². The van der Waals surface area contributed by atoms with Crippen molar-refractivity contribution >= 4 is 17.7 Å². The van der Waals surface area contributed by atoms with Crippen LogP contribution in [0.3, 0.4) is 0 Å². The van der Waals surface area contributed by atoms with Crippen LogP contribution in [0, 0.1) is 5.92 Å². The predicted molar refractivity (Wildman–Crippen MR) is 101 cm³/mol. The van der Waals surface area contributed by atoms with Crippen LogP contribution < -0.4 is 0 Å². The Morgan fingerprint density at radius 1 is 1.00 bits per heavy atom. The number of hydrogen-bond donors (Lipinski definition) is 0. The Morgan fingerprint density at radius 2 is 1.80 bits per heavy atom. The molecule has 2 aromatic rings. The number of likely N-dealkylation sites (tertiary alicyclic amines) is 1. The number of nitrogens with zero attached hydrogens (tertiary/aromatic N) is 2. The summed E-state index contributed by atoms with van der Waals surface area (Å²) in [5.41, 5.74) is 0.815. The van der Waals surface area contributed by atoms with Crippen LogP contribution in [0.15, 0.2) is 58.6 Å². The van der Waals surface area contributed by atoms with E-state index in [2.05, 4.69) is 9.88 Å². The third kappa shape index (κ3) is 3.74. The normalized spacial score (nSPS) is 21.0. The zero-order valence-electron chi connectivity index (χ0n) is 14.4. The summed E-state index contributed by atoms with van der Waals surface area (Å²) in [5, 5.41) is 0.974. The predicted octanol–water partition coefficient (Wildman–Crippen LogP) is 5.03. The van der Waals surface area contributed by atoms with Crippen molar-refractivity contribution in [2.24, 2.45) is 5.92 Å². The number of carbonyl (C=O) groups excluding carboxylic acids is 1. The molecule has 1 aromatic heterocycles. The van der Waals surface area contributed by atoms with Gasteiger partial charge in [0.05, 0.1) is 0 Å². The van der Waals surface area contributed by atoms with Gasteiger partial charge in [0.2, 0.25) is 0 Å². The lowest BCUT2D eigenvalue weighted by Crippen LogP contribution is -2.39. The van der Waals surface area contributed by atoms with E-state index in [4.69, 9.17) is 0 Å². The van der Waals surface area contributed by atoms with Crippen LogP contribution in [0.1, 0.15) is 48.9 Å². The van der Waals surface area contributed by atoms with Gasteiger partial charge in [0.1, 0.15) is 5.03 Å². The maximum absolute atomic E-state index is 13.0. The first-order chi connectivity index (χ1) is 12.3. The monoisotopic (exact) mass is 352 g/mol. The average Bonchev–Trinajstić information content (AvgIpc) is 3.34. The average molecular weight is 353 g/mol. The summed E-state index contributed by atoms with van der Waals surface area (Å²) in [6.07, 6.45) is 9.41. The molecule has 2 aliphatic rings. The molecule has 3 nitrogen and oxygen atoms in total. The molecule has 0 radical (unpaired) electrons. The van der Waals surface area contributed by atoms with Crippen LogP contribution in [0.2, 0.25) is 0 Å². The molecule has 1 aromatic carbocycles. The van der Waals surface area contributed by atoms with Gasteiger partial charge in [-0.15, -0.1) is 0 Å². The number of carbonyl (C=O) groups is 1. The van der Waals surface area contributed by atoms with E-state index in [1.54, 1.807) is 18.0 Å². The van der Waals surface area contributed by atoms with Gasteiger partial charge >= 0.3 is 0 Å². The maximum Gasteiger partial charge on any atom is 0.254 e. The van der Waals surface area contributed by atoms with Gasteiger partial charge in [-0.05, 0) is 68.0 Å². The van der Waals surface area contributed by atoms with E-state index < -0.39 is 0 Å². The van der Waals surface area contributed by atoms with Crippen molar-refractivity contribution in [3.05, 3.63) is 54.2 Å². The molecule has 1 saturated carbocycles. The van der Waals surface area contributed by atoms with Crippen molar-refractivity contribution in [3.8, 4) is 0 Å². The van der Waals surface area contributed by atoms with E-state index in [9.17, 15) is 4.79 Å². The van der Waals surface area contributed by atoms with E-state index in [-0.39, 0.29) is 5.91 Å². The lowest BCUT2D eigenvalue weighted by Gasteiger charge is -2.29. The second-order valence-electron chi connectivity index (χ2n) is 7.05. The summed E-state index contributed by atoms with van der Waals surface area (Å²) < 4.78 is 0. The number of benzene rings is 1. The minimum atomic E-state index is 0.212. The molecule has 2 heterocycles. The molecule has 130 valence electrons. The van der Waals surface area contributed by atoms with Crippen molar-refractivity contribution < 1.29 is 4.79 Å². The number of rotatable bonds is 4. The first-order valence-corrected chi connectivity index (χ1v) is 10.1. The van der Waals surface area contributed by atoms with Crippen molar-refractivity contribution in [2.75, 3.05) is 6.54 Å². The fraction of sp³-hybridized carbons (Fsp3) is 0.429. The molecule has 1 aliphatic heterocycles. The van der Waals surface area contributed by atoms with E-state index in [0.717, 1.165) is 34.4 Å². The van der Waals surface area contributed by atoms with Crippen LogP contribution in [-0.2, 0) is 0 Å². The Balaban J connectivity index is 1.45. The minimum Gasteiger partial charge on any atom is -0.335 e. The molecule has 1 atom stereocenters. The fourth-order valence-corrected chi connectivity index (χ4v) is 5.01. The molecule has 1 unspecified atom stereocenters. The first-order valence-electron chi connectivity index (χ1n) is 9.31. The zero-order valence-corrected chi connectivity index (χ0v) is 15.3. The third-order valence-electron chi connectivity index (χ3n) is 5.47. The molecular weight excluding hydrogens is 328 g/mol. The second-order valence-corrected chi connectivity index (χ2v) is 8.14. The van der Waals surface area contributed by atoms with Gasteiger partial charge in [-0.2, -0.15) is 0 Å². The summed E-state index contributed by atoms with van der Waals surface area (Å²) in [6, 6.07) is 14.4. The summed E-state index contributed by atoms with van der Waals surface area (Å²) >= 11 is 1.63. The summed E-state index contributed by atoms with van der Waals surface area (Å²) in [5.74, 6) is 0.939. The van der Waals surface area contributed by atoms with Crippen LogP contribution in [-0.4, -0.2) is 28.4 Å². The molecule has 4 heteroatoms. The Kier molecular flexibility index (Phi) is 5.07. The molecule has 1 amide bonds. The van der Waals surface area contributed by atoms with E-state index in [1.807, 2.05) is 42.5 Å². The van der Waals surface area contributed by atoms with Gasteiger partial charge in [0.15, 0.2) is 0 Å². The van der Waals surface area contributed by atoms with Crippen molar-refractivity contribution in [1.82, 2.24) is 9.88 Å². The van der Waals surface area contributed by atoms with Gasteiger partial charge in [-0.1, -0.05) is 30.7 Å². The Hall–Kier alpha value is -1.81. The van der Waals surface area contributed by atoms with Crippen molar-refractivity contribution in [3.63, 3.8) is 0 Å². The van der Waals surface area contributed by atoms with Crippen LogP contribution in [0.25, 0.3) is 0 Å². The molecule has 0 N–H and O–H groups in total. The fourth-order valence-electron chi connectivity index (χ4n) is 4.24. The molecule has 0 spiro atoms. The first kappa shape index (κ1) is 16.6. The largest absolute Gasteiger partial charge is 0.335 e. The molecule has 4 rings (SSSR count). The number of hydrogen-bond acceptors (Lipinski definition) is 3. The van der Waals surface area contributed by atoms with E-state index in [1.165, 1.54) is 32.1 Å². The Morgan fingerprint density at radius 3 is 2.52 bits per heavy atom. The zero-order chi connectivity index (χ0) is 17.1. The quantitative estimate of drug-likeness (QED) is 0.774. The number of amides is 1.